The van der Waals surface area contributed by atoms with E-state index >= 15 is 0 Å². The van der Waals surface area contributed by atoms with Crippen molar-refractivity contribution in [3.05, 3.63) is 23.9 Å². The number of halogens is 3. The smallest absolute Gasteiger partial charge is 0.390 e. The van der Waals surface area contributed by atoms with Gasteiger partial charge in [-0.2, -0.15) is 13.2 Å². The normalized spacial score (nSPS) is 12.6. The summed E-state index contributed by atoms with van der Waals surface area (Å²) in [7, 11) is 1.49. The van der Waals surface area contributed by atoms with E-state index in [2.05, 4.69) is 10.1 Å². The van der Waals surface area contributed by atoms with Gasteiger partial charge in [-0.05, 0) is 12.1 Å². The molecule has 0 unspecified atom stereocenters. The molecule has 5 nitrogen and oxygen atoms in total. The van der Waals surface area contributed by atoms with E-state index in [4.69, 9.17) is 10.9 Å². The molecule has 1 aromatic rings. The number of hydrogen-bond donors (Lipinski definition) is 2. The van der Waals surface area contributed by atoms with Crippen molar-refractivity contribution in [2.24, 2.45) is 10.9 Å². The van der Waals surface area contributed by atoms with Gasteiger partial charge in [0.1, 0.15) is 5.82 Å². The summed E-state index contributed by atoms with van der Waals surface area (Å²) >= 11 is 0. The van der Waals surface area contributed by atoms with Crippen LogP contribution in [-0.4, -0.2) is 35.8 Å². The van der Waals surface area contributed by atoms with Crippen molar-refractivity contribution in [3.8, 4) is 0 Å². The maximum absolute atomic E-state index is 12.1. The van der Waals surface area contributed by atoms with Gasteiger partial charge in [-0.15, -0.1) is 0 Å². The first-order chi connectivity index (χ1) is 8.33. The summed E-state index contributed by atoms with van der Waals surface area (Å²) in [4.78, 5) is 5.27. The highest BCUT2D eigenvalue weighted by atomic mass is 19.4. The van der Waals surface area contributed by atoms with Crippen LogP contribution in [0.1, 0.15) is 12.0 Å². The molecule has 1 rings (SSSR count). The van der Waals surface area contributed by atoms with Crippen LogP contribution in [0.4, 0.5) is 19.0 Å². The fraction of sp³-hybridized carbons (Fsp3) is 0.400. The molecule has 0 aliphatic heterocycles. The van der Waals surface area contributed by atoms with E-state index in [0.29, 0.717) is 11.4 Å². The van der Waals surface area contributed by atoms with Crippen LogP contribution in [0.25, 0.3) is 0 Å². The zero-order valence-corrected chi connectivity index (χ0v) is 9.65. The minimum Gasteiger partial charge on any atom is -0.409 e. The minimum absolute atomic E-state index is 0.122. The molecule has 18 heavy (non-hydrogen) atoms. The standard InChI is InChI=1S/C10H13F3N4O/c1-17(5-3-10(11,12)13)8-6-7(2-4-15-8)9(14)16-18/h2,4,6,18H,3,5H2,1H3,(H2,14,16). The largest absolute Gasteiger partial charge is 0.409 e. The third-order valence-corrected chi connectivity index (χ3v) is 2.27. The first-order valence-corrected chi connectivity index (χ1v) is 5.05. The van der Waals surface area contributed by atoms with Gasteiger partial charge < -0.3 is 15.8 Å². The quantitative estimate of drug-likeness (QED) is 0.374. The maximum Gasteiger partial charge on any atom is 0.390 e. The molecule has 0 saturated heterocycles. The summed E-state index contributed by atoms with van der Waals surface area (Å²) in [6, 6.07) is 2.95. The number of amidine groups is 1. The van der Waals surface area contributed by atoms with E-state index in [1.165, 1.54) is 30.3 Å². The zero-order valence-electron chi connectivity index (χ0n) is 9.65. The Labute approximate surface area is 102 Å². The van der Waals surface area contributed by atoms with Gasteiger partial charge in [0.05, 0.1) is 6.42 Å². The number of oxime groups is 1. The van der Waals surface area contributed by atoms with E-state index in [1.807, 2.05) is 0 Å². The highest BCUT2D eigenvalue weighted by Crippen LogP contribution is 2.21. The van der Waals surface area contributed by atoms with Crippen LogP contribution in [0.3, 0.4) is 0 Å². The second-order valence-corrected chi connectivity index (χ2v) is 3.67. The van der Waals surface area contributed by atoms with Crippen molar-refractivity contribution in [2.45, 2.75) is 12.6 Å². The Morgan fingerprint density at radius 2 is 2.22 bits per heavy atom. The lowest BCUT2D eigenvalue weighted by Crippen LogP contribution is -2.25. The van der Waals surface area contributed by atoms with Crippen molar-refractivity contribution in [1.29, 1.82) is 0 Å². The Hall–Kier alpha value is -1.99. The van der Waals surface area contributed by atoms with Crippen molar-refractivity contribution in [3.63, 3.8) is 0 Å². The molecule has 3 N–H and O–H groups in total. The van der Waals surface area contributed by atoms with Gasteiger partial charge in [-0.25, -0.2) is 4.98 Å². The van der Waals surface area contributed by atoms with Crippen molar-refractivity contribution in [1.82, 2.24) is 4.98 Å². The van der Waals surface area contributed by atoms with Gasteiger partial charge in [0.15, 0.2) is 5.84 Å². The van der Waals surface area contributed by atoms with E-state index in [1.54, 1.807) is 0 Å². The molecule has 1 aromatic heterocycles. The van der Waals surface area contributed by atoms with Crippen molar-refractivity contribution in [2.75, 3.05) is 18.5 Å². The lowest BCUT2D eigenvalue weighted by atomic mass is 10.2. The third kappa shape index (κ3) is 4.11. The van der Waals surface area contributed by atoms with E-state index < -0.39 is 12.6 Å². The SMILES string of the molecule is CN(CCC(F)(F)F)c1cc(C(N)=NO)ccn1. The average molecular weight is 262 g/mol. The molecule has 0 aliphatic carbocycles. The van der Waals surface area contributed by atoms with E-state index in [0.717, 1.165) is 0 Å². The summed E-state index contributed by atoms with van der Waals surface area (Å²) in [5.74, 6) is 0.200. The predicted octanol–water partition coefficient (Wildman–Crippen LogP) is 1.56. The molecule has 0 bridgehead atoms. The number of rotatable bonds is 4. The highest BCUT2D eigenvalue weighted by molar-refractivity contribution is 5.97. The molecule has 0 fully saturated rings. The van der Waals surface area contributed by atoms with Crippen LogP contribution in [-0.2, 0) is 0 Å². The van der Waals surface area contributed by atoms with Crippen LogP contribution >= 0.6 is 0 Å². The minimum atomic E-state index is -4.21. The van der Waals surface area contributed by atoms with Gasteiger partial charge in [0.25, 0.3) is 0 Å². The number of nitrogens with two attached hydrogens (primary N) is 1. The Bertz CT molecular complexity index is 433. The number of anilines is 1. The summed E-state index contributed by atoms with van der Waals surface area (Å²) in [5, 5.41) is 11.3. The second-order valence-electron chi connectivity index (χ2n) is 3.67. The summed E-state index contributed by atoms with van der Waals surface area (Å²) < 4.78 is 36.2. The number of alkyl halides is 3. The molecule has 0 saturated carbocycles. The lowest BCUT2D eigenvalue weighted by molar-refractivity contribution is -0.132. The van der Waals surface area contributed by atoms with Crippen LogP contribution in [0.2, 0.25) is 0 Å². The van der Waals surface area contributed by atoms with Gasteiger partial charge in [-0.1, -0.05) is 5.16 Å². The first-order valence-electron chi connectivity index (χ1n) is 5.05. The van der Waals surface area contributed by atoms with E-state index in [-0.39, 0.29) is 12.4 Å². The van der Waals surface area contributed by atoms with E-state index in [9.17, 15) is 13.2 Å². The van der Waals surface area contributed by atoms with Gasteiger partial charge in [0.2, 0.25) is 0 Å². The Morgan fingerprint density at radius 3 is 2.78 bits per heavy atom. The molecular formula is C10H13F3N4O. The van der Waals surface area contributed by atoms with Crippen LogP contribution < -0.4 is 10.6 Å². The third-order valence-electron chi connectivity index (χ3n) is 2.27. The predicted molar refractivity (Wildman–Crippen MR) is 60.7 cm³/mol. The number of nitrogens with zero attached hydrogens (tertiary/aromatic N) is 3. The molecule has 0 aliphatic rings. The molecule has 100 valence electrons. The molecule has 1 heterocycles. The van der Waals surface area contributed by atoms with Gasteiger partial charge in [-0.3, -0.25) is 0 Å². The first kappa shape index (κ1) is 14.1. The zero-order chi connectivity index (χ0) is 13.8. The fourth-order valence-corrected chi connectivity index (χ4v) is 1.25. The Kier molecular flexibility index (Phi) is 4.35. The summed E-state index contributed by atoms with van der Waals surface area (Å²) in [6.07, 6.45) is -3.76. The monoisotopic (exact) mass is 262 g/mol. The Morgan fingerprint density at radius 1 is 1.56 bits per heavy atom. The molecule has 0 amide bonds. The van der Waals surface area contributed by atoms with Crippen molar-refractivity contribution < 1.29 is 18.4 Å². The van der Waals surface area contributed by atoms with Crippen LogP contribution in [0.5, 0.6) is 0 Å². The molecule has 0 spiro atoms. The van der Waals surface area contributed by atoms with Crippen molar-refractivity contribution >= 4 is 11.7 Å². The van der Waals surface area contributed by atoms with Crippen LogP contribution in [0.15, 0.2) is 23.5 Å². The average Bonchev–Trinajstić information content (AvgIpc) is 2.34. The number of hydrogen-bond acceptors (Lipinski definition) is 4. The van der Waals surface area contributed by atoms with Gasteiger partial charge >= 0.3 is 6.18 Å². The van der Waals surface area contributed by atoms with Crippen LogP contribution in [0, 0.1) is 0 Å². The molecule has 0 atom stereocenters. The lowest BCUT2D eigenvalue weighted by Gasteiger charge is -2.19. The molecule has 0 aromatic carbocycles. The second kappa shape index (κ2) is 5.56. The number of pyridine rings is 1. The topological polar surface area (TPSA) is 74.7 Å². The Balaban J connectivity index is 2.77. The molecule has 8 heteroatoms. The number of aromatic nitrogens is 1. The highest BCUT2D eigenvalue weighted by Gasteiger charge is 2.27. The summed E-state index contributed by atoms with van der Waals surface area (Å²) in [5.41, 5.74) is 5.77. The molecular weight excluding hydrogens is 249 g/mol. The summed E-state index contributed by atoms with van der Waals surface area (Å²) in [6.45, 7) is -0.212. The maximum atomic E-state index is 12.1. The van der Waals surface area contributed by atoms with Gasteiger partial charge in [0, 0.05) is 25.4 Å². The molecule has 0 radical (unpaired) electrons. The fourth-order valence-electron chi connectivity index (χ4n) is 1.25.